The Bertz CT molecular complexity index is 409. The minimum Gasteiger partial charge on any atom is -0.381 e. The third kappa shape index (κ3) is 3.07. The van der Waals surface area contributed by atoms with Crippen molar-refractivity contribution in [2.75, 3.05) is 37.4 Å². The number of hydrogen-bond acceptors (Lipinski definition) is 4. The minimum absolute atomic E-state index is 0.0406. The van der Waals surface area contributed by atoms with Crippen LogP contribution in [0, 0.1) is 17.6 Å². The quantitative estimate of drug-likeness (QED) is 0.868. The number of nitrogens with zero attached hydrogens (tertiary/aromatic N) is 1. The highest BCUT2D eigenvalue weighted by atomic mass is 19.1. The van der Waals surface area contributed by atoms with E-state index in [0.29, 0.717) is 19.1 Å². The molecule has 1 aromatic heterocycles. The molecule has 1 saturated heterocycles. The molecule has 0 spiro atoms. The van der Waals surface area contributed by atoms with E-state index in [-0.39, 0.29) is 11.6 Å². The molecule has 100 valence electrons. The standard InChI is InChI=1S/C12H17F2N3O/c1-15-11-9(13)5-10(14)12(17-11)16-6-8-3-2-4-18-7-8/h5,8H,2-4,6-7H2,1H3,(H2,15,16,17). The van der Waals surface area contributed by atoms with Crippen LogP contribution in [0.1, 0.15) is 12.8 Å². The number of halogens is 2. The van der Waals surface area contributed by atoms with E-state index >= 15 is 0 Å². The van der Waals surface area contributed by atoms with Gasteiger partial charge in [0.1, 0.15) is 0 Å². The van der Waals surface area contributed by atoms with Crippen molar-refractivity contribution in [3.05, 3.63) is 17.7 Å². The van der Waals surface area contributed by atoms with Gasteiger partial charge in [0.15, 0.2) is 23.3 Å². The first-order valence-corrected chi connectivity index (χ1v) is 6.06. The van der Waals surface area contributed by atoms with Crippen LogP contribution in [0.3, 0.4) is 0 Å². The largest absolute Gasteiger partial charge is 0.381 e. The average molecular weight is 257 g/mol. The van der Waals surface area contributed by atoms with Crippen LogP contribution >= 0.6 is 0 Å². The highest BCUT2D eigenvalue weighted by Gasteiger charge is 2.16. The molecule has 0 amide bonds. The van der Waals surface area contributed by atoms with Gasteiger partial charge >= 0.3 is 0 Å². The molecule has 1 aliphatic heterocycles. The van der Waals surface area contributed by atoms with E-state index in [0.717, 1.165) is 25.5 Å². The molecule has 0 bridgehead atoms. The van der Waals surface area contributed by atoms with E-state index in [1.54, 1.807) is 7.05 Å². The van der Waals surface area contributed by atoms with E-state index in [2.05, 4.69) is 15.6 Å². The normalized spacial score (nSPS) is 19.6. The first-order valence-electron chi connectivity index (χ1n) is 6.06. The first-order chi connectivity index (χ1) is 8.70. The van der Waals surface area contributed by atoms with Crippen LogP contribution in [0.5, 0.6) is 0 Å². The van der Waals surface area contributed by atoms with Gasteiger partial charge in [0.2, 0.25) is 0 Å². The van der Waals surface area contributed by atoms with Gasteiger partial charge < -0.3 is 15.4 Å². The van der Waals surface area contributed by atoms with E-state index < -0.39 is 11.6 Å². The fourth-order valence-corrected chi connectivity index (χ4v) is 1.98. The van der Waals surface area contributed by atoms with Gasteiger partial charge in [-0.15, -0.1) is 0 Å². The molecule has 0 saturated carbocycles. The van der Waals surface area contributed by atoms with Gasteiger partial charge in [0.25, 0.3) is 0 Å². The molecule has 0 radical (unpaired) electrons. The Hall–Kier alpha value is -1.43. The lowest BCUT2D eigenvalue weighted by Gasteiger charge is -2.22. The van der Waals surface area contributed by atoms with Crippen LogP contribution in [-0.4, -0.2) is 31.8 Å². The fraction of sp³-hybridized carbons (Fsp3) is 0.583. The lowest BCUT2D eigenvalue weighted by atomic mass is 10.0. The molecule has 2 heterocycles. The smallest absolute Gasteiger partial charge is 0.168 e. The van der Waals surface area contributed by atoms with Crippen LogP contribution in [0.4, 0.5) is 20.4 Å². The lowest BCUT2D eigenvalue weighted by molar-refractivity contribution is 0.0594. The number of hydrogen-bond donors (Lipinski definition) is 2. The third-order valence-electron chi connectivity index (χ3n) is 2.98. The summed E-state index contributed by atoms with van der Waals surface area (Å²) in [6.45, 7) is 2.05. The molecule has 1 atom stereocenters. The number of pyridine rings is 1. The zero-order chi connectivity index (χ0) is 13.0. The lowest BCUT2D eigenvalue weighted by Crippen LogP contribution is -2.25. The second kappa shape index (κ2) is 5.95. The number of aromatic nitrogens is 1. The van der Waals surface area contributed by atoms with E-state index in [1.807, 2.05) is 0 Å². The second-order valence-corrected chi connectivity index (χ2v) is 4.36. The molecule has 0 aromatic carbocycles. The van der Waals surface area contributed by atoms with E-state index in [9.17, 15) is 8.78 Å². The molecular weight excluding hydrogens is 240 g/mol. The Morgan fingerprint density at radius 2 is 2.17 bits per heavy atom. The topological polar surface area (TPSA) is 46.2 Å². The Morgan fingerprint density at radius 1 is 1.39 bits per heavy atom. The van der Waals surface area contributed by atoms with Crippen molar-refractivity contribution in [1.82, 2.24) is 4.98 Å². The van der Waals surface area contributed by atoms with Crippen molar-refractivity contribution in [1.29, 1.82) is 0 Å². The first kappa shape index (κ1) is 13.0. The monoisotopic (exact) mass is 257 g/mol. The molecule has 1 aromatic rings. The summed E-state index contributed by atoms with van der Waals surface area (Å²) in [5.74, 6) is -0.905. The van der Waals surface area contributed by atoms with Crippen LogP contribution in [-0.2, 0) is 4.74 Å². The Kier molecular flexibility index (Phi) is 4.30. The molecule has 2 rings (SSSR count). The van der Waals surface area contributed by atoms with Crippen LogP contribution in [0.15, 0.2) is 6.07 Å². The molecule has 1 aliphatic rings. The van der Waals surface area contributed by atoms with Gasteiger partial charge in [-0.3, -0.25) is 0 Å². The van der Waals surface area contributed by atoms with Crippen molar-refractivity contribution >= 4 is 11.6 Å². The molecule has 4 nitrogen and oxygen atoms in total. The van der Waals surface area contributed by atoms with Crippen molar-refractivity contribution < 1.29 is 13.5 Å². The average Bonchev–Trinajstić information content (AvgIpc) is 2.39. The van der Waals surface area contributed by atoms with Gasteiger partial charge in [0.05, 0.1) is 6.61 Å². The maximum Gasteiger partial charge on any atom is 0.168 e. The van der Waals surface area contributed by atoms with Crippen LogP contribution in [0.25, 0.3) is 0 Å². The Morgan fingerprint density at radius 3 is 2.83 bits per heavy atom. The molecule has 0 aliphatic carbocycles. The van der Waals surface area contributed by atoms with Gasteiger partial charge in [-0.05, 0) is 18.8 Å². The highest BCUT2D eigenvalue weighted by Crippen LogP contribution is 2.20. The molecular formula is C12H17F2N3O. The summed E-state index contributed by atoms with van der Waals surface area (Å²) < 4.78 is 32.0. The van der Waals surface area contributed by atoms with Crippen LogP contribution < -0.4 is 10.6 Å². The molecule has 6 heteroatoms. The van der Waals surface area contributed by atoms with E-state index in [1.165, 1.54) is 0 Å². The van der Waals surface area contributed by atoms with Crippen LogP contribution in [0.2, 0.25) is 0 Å². The van der Waals surface area contributed by atoms with Crippen molar-refractivity contribution in [3.63, 3.8) is 0 Å². The van der Waals surface area contributed by atoms with Gasteiger partial charge in [0, 0.05) is 26.3 Å². The number of nitrogens with one attached hydrogen (secondary N) is 2. The summed E-state index contributed by atoms with van der Waals surface area (Å²) in [6.07, 6.45) is 2.07. The van der Waals surface area contributed by atoms with E-state index in [4.69, 9.17) is 4.74 Å². The summed E-state index contributed by atoms with van der Waals surface area (Å²) in [5.41, 5.74) is 0. The summed E-state index contributed by atoms with van der Waals surface area (Å²) in [4.78, 5) is 3.86. The summed E-state index contributed by atoms with van der Waals surface area (Å²) in [7, 11) is 1.54. The van der Waals surface area contributed by atoms with Gasteiger partial charge in [-0.1, -0.05) is 0 Å². The molecule has 1 unspecified atom stereocenters. The molecule has 18 heavy (non-hydrogen) atoms. The minimum atomic E-state index is -0.693. The predicted octanol–water partition coefficient (Wildman–Crippen LogP) is 2.24. The Labute approximate surface area is 105 Å². The third-order valence-corrected chi connectivity index (χ3v) is 2.98. The van der Waals surface area contributed by atoms with Gasteiger partial charge in [-0.25, -0.2) is 13.8 Å². The second-order valence-electron chi connectivity index (χ2n) is 4.36. The maximum atomic E-state index is 13.5. The maximum absolute atomic E-state index is 13.5. The summed E-state index contributed by atoms with van der Waals surface area (Å²) >= 11 is 0. The number of rotatable bonds is 4. The summed E-state index contributed by atoms with van der Waals surface area (Å²) in [6, 6.07) is 0.832. The molecule has 2 N–H and O–H groups in total. The fourth-order valence-electron chi connectivity index (χ4n) is 1.98. The summed E-state index contributed by atoms with van der Waals surface area (Å²) in [5, 5.41) is 5.50. The van der Waals surface area contributed by atoms with Crippen molar-refractivity contribution in [2.45, 2.75) is 12.8 Å². The zero-order valence-corrected chi connectivity index (χ0v) is 10.3. The Balaban J connectivity index is 1.99. The van der Waals surface area contributed by atoms with Crippen molar-refractivity contribution in [2.24, 2.45) is 5.92 Å². The number of anilines is 2. The molecule has 1 fully saturated rings. The zero-order valence-electron chi connectivity index (χ0n) is 10.3. The SMILES string of the molecule is CNc1nc(NCC2CCCOC2)c(F)cc1F. The van der Waals surface area contributed by atoms with Crippen molar-refractivity contribution in [3.8, 4) is 0 Å². The van der Waals surface area contributed by atoms with Gasteiger partial charge in [-0.2, -0.15) is 0 Å². The highest BCUT2D eigenvalue weighted by molar-refractivity contribution is 5.47. The predicted molar refractivity (Wildman–Crippen MR) is 65.7 cm³/mol. The number of ether oxygens (including phenoxy) is 1.